The van der Waals surface area contributed by atoms with Gasteiger partial charge >= 0.3 is 0 Å². The number of phenols is 1. The Hall–Kier alpha value is -2.31. The van der Waals surface area contributed by atoms with Gasteiger partial charge in [0.1, 0.15) is 17.2 Å². The maximum atomic E-state index is 12.7. The number of carbonyl (C=O) groups excluding carboxylic acids is 1. The van der Waals surface area contributed by atoms with Crippen LogP contribution >= 0.6 is 15.9 Å². The maximum Gasteiger partial charge on any atom is 0.231 e. The molecule has 0 spiro atoms. The number of aromatic hydroxyl groups is 1. The van der Waals surface area contributed by atoms with E-state index in [4.69, 9.17) is 9.47 Å². The van der Waals surface area contributed by atoms with E-state index in [9.17, 15) is 9.90 Å². The van der Waals surface area contributed by atoms with Crippen molar-refractivity contribution in [2.24, 2.45) is 0 Å². The Morgan fingerprint density at radius 3 is 2.72 bits per heavy atom. The number of nitrogens with zero attached hydrogens (tertiary/aromatic N) is 1. The summed E-state index contributed by atoms with van der Waals surface area (Å²) < 4.78 is 12.0. The number of halogens is 1. The highest BCUT2D eigenvalue weighted by Gasteiger charge is 2.31. The first-order valence-corrected chi connectivity index (χ1v) is 8.47. The van der Waals surface area contributed by atoms with Gasteiger partial charge < -0.3 is 19.5 Å². The molecule has 2 aromatic rings. The second-order valence-corrected chi connectivity index (χ2v) is 6.92. The number of phenolic OH excluding ortho intramolecular Hbond substituents is 1. The lowest BCUT2D eigenvalue weighted by Crippen LogP contribution is -2.11. The van der Waals surface area contributed by atoms with Crippen LogP contribution in [0.15, 0.2) is 40.6 Å². The fourth-order valence-corrected chi connectivity index (χ4v) is 3.10. The Kier molecular flexibility index (Phi) is 4.83. The third kappa shape index (κ3) is 3.41. The Labute approximate surface area is 154 Å². The summed E-state index contributed by atoms with van der Waals surface area (Å²) in [7, 11) is 5.35. The Morgan fingerprint density at radius 1 is 1.28 bits per heavy atom. The predicted molar refractivity (Wildman–Crippen MR) is 99.1 cm³/mol. The molecule has 1 aliphatic heterocycles. The van der Waals surface area contributed by atoms with E-state index in [1.54, 1.807) is 19.3 Å². The summed E-state index contributed by atoms with van der Waals surface area (Å²) in [6.07, 6.45) is 1.66. The summed E-state index contributed by atoms with van der Waals surface area (Å²) in [4.78, 5) is 14.6. The Bertz CT molecular complexity index is 874. The maximum absolute atomic E-state index is 12.7. The van der Waals surface area contributed by atoms with Crippen molar-refractivity contribution in [3.05, 3.63) is 57.3 Å². The van der Waals surface area contributed by atoms with Crippen molar-refractivity contribution in [2.45, 2.75) is 6.54 Å². The number of carbonyl (C=O) groups is 1. The standard InChI is InChI=1S/C19H18BrNO4/c1-21(2)10-14-15(22)6-5-13-18(23)17(25-19(13)14)9-11-8-12(20)4-7-16(11)24-3/h4-9,22H,10H2,1-3H3/b17-9+. The van der Waals surface area contributed by atoms with Gasteiger partial charge in [-0.25, -0.2) is 0 Å². The highest BCUT2D eigenvalue weighted by Crippen LogP contribution is 2.40. The molecule has 0 fully saturated rings. The summed E-state index contributed by atoms with van der Waals surface area (Å²) in [6.45, 7) is 0.468. The van der Waals surface area contributed by atoms with Gasteiger partial charge in [-0.15, -0.1) is 0 Å². The highest BCUT2D eigenvalue weighted by molar-refractivity contribution is 9.10. The predicted octanol–water partition coefficient (Wildman–Crippen LogP) is 3.84. The first-order chi connectivity index (χ1) is 11.9. The molecule has 1 aliphatic rings. The van der Waals surface area contributed by atoms with Crippen LogP contribution in [0.25, 0.3) is 6.08 Å². The number of fused-ring (bicyclic) bond motifs is 1. The molecular formula is C19H18BrNO4. The van der Waals surface area contributed by atoms with Crippen LogP contribution < -0.4 is 9.47 Å². The first-order valence-electron chi connectivity index (χ1n) is 7.68. The molecule has 2 aromatic carbocycles. The minimum atomic E-state index is -0.211. The van der Waals surface area contributed by atoms with E-state index in [0.29, 0.717) is 29.2 Å². The van der Waals surface area contributed by atoms with Gasteiger partial charge in [0.25, 0.3) is 0 Å². The van der Waals surface area contributed by atoms with Crippen molar-refractivity contribution in [1.82, 2.24) is 4.90 Å². The number of Topliss-reactive ketones (excluding diaryl/α,β-unsaturated/α-hetero) is 1. The summed E-state index contributed by atoms with van der Waals surface area (Å²) in [5.41, 5.74) is 1.78. The molecule has 1 N–H and O–H groups in total. The summed E-state index contributed by atoms with van der Waals surface area (Å²) in [6, 6.07) is 8.64. The normalized spacial score (nSPS) is 14.8. The molecule has 0 aromatic heterocycles. The number of hydrogen-bond acceptors (Lipinski definition) is 5. The van der Waals surface area contributed by atoms with Crippen LogP contribution in [0.5, 0.6) is 17.2 Å². The molecule has 0 unspecified atom stereocenters. The van der Waals surface area contributed by atoms with Crippen molar-refractivity contribution in [3.63, 3.8) is 0 Å². The van der Waals surface area contributed by atoms with Crippen molar-refractivity contribution >= 4 is 27.8 Å². The monoisotopic (exact) mass is 403 g/mol. The van der Waals surface area contributed by atoms with E-state index in [1.807, 2.05) is 37.2 Å². The minimum Gasteiger partial charge on any atom is -0.507 e. The third-order valence-electron chi connectivity index (χ3n) is 3.87. The smallest absolute Gasteiger partial charge is 0.231 e. The van der Waals surface area contributed by atoms with Gasteiger partial charge in [-0.3, -0.25) is 4.79 Å². The Morgan fingerprint density at radius 2 is 2.04 bits per heavy atom. The average Bonchev–Trinajstić information content (AvgIpc) is 2.87. The van der Waals surface area contributed by atoms with E-state index in [0.717, 1.165) is 10.0 Å². The van der Waals surface area contributed by atoms with Crippen molar-refractivity contribution in [2.75, 3.05) is 21.2 Å². The molecule has 3 rings (SSSR count). The summed E-state index contributed by atoms with van der Waals surface area (Å²) in [5, 5.41) is 10.1. The first kappa shape index (κ1) is 17.5. The third-order valence-corrected chi connectivity index (χ3v) is 4.36. The van der Waals surface area contributed by atoms with Crippen LogP contribution in [-0.4, -0.2) is 37.0 Å². The molecule has 0 radical (unpaired) electrons. The molecule has 0 aliphatic carbocycles. The van der Waals surface area contributed by atoms with Crippen LogP contribution in [0.4, 0.5) is 0 Å². The Balaban J connectivity index is 2.05. The van der Waals surface area contributed by atoms with Crippen molar-refractivity contribution in [3.8, 4) is 17.2 Å². The van der Waals surface area contributed by atoms with Crippen LogP contribution in [0, 0.1) is 0 Å². The van der Waals surface area contributed by atoms with Crippen molar-refractivity contribution < 1.29 is 19.4 Å². The number of benzene rings is 2. The lowest BCUT2D eigenvalue weighted by molar-refractivity contribution is 0.101. The van der Waals surface area contributed by atoms with Crippen LogP contribution in [0.1, 0.15) is 21.5 Å². The highest BCUT2D eigenvalue weighted by atomic mass is 79.9. The molecule has 25 heavy (non-hydrogen) atoms. The van der Waals surface area contributed by atoms with E-state index in [-0.39, 0.29) is 17.3 Å². The fraction of sp³-hybridized carbons (Fsp3) is 0.211. The van der Waals surface area contributed by atoms with Gasteiger partial charge in [-0.05, 0) is 50.5 Å². The minimum absolute atomic E-state index is 0.113. The van der Waals surface area contributed by atoms with Gasteiger partial charge in [-0.1, -0.05) is 15.9 Å². The van der Waals surface area contributed by atoms with Gasteiger partial charge in [0.15, 0.2) is 5.76 Å². The second kappa shape index (κ2) is 6.90. The molecule has 0 saturated heterocycles. The zero-order valence-electron chi connectivity index (χ0n) is 14.2. The number of ketones is 1. The number of rotatable bonds is 4. The van der Waals surface area contributed by atoms with Crippen LogP contribution in [0.2, 0.25) is 0 Å². The zero-order valence-corrected chi connectivity index (χ0v) is 15.8. The molecule has 130 valence electrons. The fourth-order valence-electron chi connectivity index (χ4n) is 2.73. The quantitative estimate of drug-likeness (QED) is 0.785. The number of hydrogen-bond donors (Lipinski definition) is 1. The lowest BCUT2D eigenvalue weighted by atomic mass is 10.0. The molecule has 0 saturated carbocycles. The van der Waals surface area contributed by atoms with E-state index >= 15 is 0 Å². The number of ether oxygens (including phenoxy) is 2. The van der Waals surface area contributed by atoms with Crippen LogP contribution in [-0.2, 0) is 6.54 Å². The zero-order chi connectivity index (χ0) is 18.1. The second-order valence-electron chi connectivity index (χ2n) is 6.00. The molecular weight excluding hydrogens is 386 g/mol. The molecule has 6 heteroatoms. The summed E-state index contributed by atoms with van der Waals surface area (Å²) >= 11 is 3.42. The largest absolute Gasteiger partial charge is 0.507 e. The van der Waals surface area contributed by atoms with Gasteiger partial charge in [0.2, 0.25) is 5.78 Å². The SMILES string of the molecule is COc1ccc(Br)cc1/C=C1/Oc2c(ccc(O)c2CN(C)C)C1=O. The van der Waals surface area contributed by atoms with Gasteiger partial charge in [0.05, 0.1) is 18.2 Å². The van der Waals surface area contributed by atoms with E-state index in [1.165, 1.54) is 6.07 Å². The van der Waals surface area contributed by atoms with Crippen LogP contribution in [0.3, 0.4) is 0 Å². The molecule has 0 atom stereocenters. The molecule has 0 amide bonds. The molecule has 1 heterocycles. The van der Waals surface area contributed by atoms with Crippen molar-refractivity contribution in [1.29, 1.82) is 0 Å². The molecule has 5 nitrogen and oxygen atoms in total. The lowest BCUT2D eigenvalue weighted by Gasteiger charge is -2.14. The number of allylic oxidation sites excluding steroid dienone is 1. The average molecular weight is 404 g/mol. The van der Waals surface area contributed by atoms with E-state index < -0.39 is 0 Å². The van der Waals surface area contributed by atoms with Gasteiger partial charge in [-0.2, -0.15) is 0 Å². The molecule has 0 bridgehead atoms. The topological polar surface area (TPSA) is 59.0 Å². The van der Waals surface area contributed by atoms with E-state index in [2.05, 4.69) is 15.9 Å². The number of methoxy groups -OCH3 is 1. The summed E-state index contributed by atoms with van der Waals surface area (Å²) in [5.74, 6) is 1.16. The van der Waals surface area contributed by atoms with Gasteiger partial charge in [0, 0.05) is 16.6 Å².